The van der Waals surface area contributed by atoms with Crippen LogP contribution in [0, 0.1) is 11.8 Å². The maximum Gasteiger partial charge on any atom is 0.0382 e. The van der Waals surface area contributed by atoms with E-state index < -0.39 is 0 Å². The van der Waals surface area contributed by atoms with E-state index in [1.807, 2.05) is 0 Å². The fourth-order valence-electron chi connectivity index (χ4n) is 4.21. The molecule has 1 aromatic rings. The van der Waals surface area contributed by atoms with Crippen LogP contribution in [0.2, 0.25) is 0 Å². The molecule has 0 saturated heterocycles. The van der Waals surface area contributed by atoms with E-state index in [0.717, 1.165) is 11.8 Å². The highest BCUT2D eigenvalue weighted by Crippen LogP contribution is 2.48. The Morgan fingerprint density at radius 1 is 1.10 bits per heavy atom. The van der Waals surface area contributed by atoms with Crippen molar-refractivity contribution in [1.82, 2.24) is 0 Å². The van der Waals surface area contributed by atoms with Gasteiger partial charge in [0.25, 0.3) is 0 Å². The molecule has 0 saturated carbocycles. The standard InChI is InChI=1S/C18H20BrN/c19-13-9-10-17-16(11-13)14-7-4-8-15(14)18(20-17)12-5-2-1-3-6-12/h1-2,4,7,9-12,14-15,18,20H,3,5-6,8H2/t12-,14-,15-,18-/m0/s1. The van der Waals surface area contributed by atoms with Gasteiger partial charge in [-0.15, -0.1) is 0 Å². The summed E-state index contributed by atoms with van der Waals surface area (Å²) in [7, 11) is 0. The summed E-state index contributed by atoms with van der Waals surface area (Å²) in [5, 5.41) is 3.87. The molecule has 1 aliphatic heterocycles. The van der Waals surface area contributed by atoms with Gasteiger partial charge in [0.15, 0.2) is 0 Å². The van der Waals surface area contributed by atoms with Gasteiger partial charge in [-0.1, -0.05) is 40.2 Å². The van der Waals surface area contributed by atoms with Crippen molar-refractivity contribution in [3.05, 3.63) is 52.5 Å². The maximum absolute atomic E-state index is 3.87. The van der Waals surface area contributed by atoms with Crippen molar-refractivity contribution in [3.63, 3.8) is 0 Å². The van der Waals surface area contributed by atoms with Gasteiger partial charge in [0.1, 0.15) is 0 Å². The summed E-state index contributed by atoms with van der Waals surface area (Å²) in [5.41, 5.74) is 2.82. The molecule has 4 atom stereocenters. The Bertz CT molecular complexity index is 575. The third-order valence-electron chi connectivity index (χ3n) is 5.19. The normalized spacial score (nSPS) is 34.5. The molecule has 0 fully saturated rings. The van der Waals surface area contributed by atoms with Crippen molar-refractivity contribution < 1.29 is 0 Å². The van der Waals surface area contributed by atoms with E-state index in [1.54, 1.807) is 0 Å². The van der Waals surface area contributed by atoms with E-state index in [9.17, 15) is 0 Å². The van der Waals surface area contributed by atoms with Gasteiger partial charge in [-0.2, -0.15) is 0 Å². The Morgan fingerprint density at radius 3 is 2.90 bits per heavy atom. The number of nitrogens with one attached hydrogen (secondary N) is 1. The van der Waals surface area contributed by atoms with Gasteiger partial charge in [0.05, 0.1) is 0 Å². The lowest BCUT2D eigenvalue weighted by Crippen LogP contribution is -2.41. The Morgan fingerprint density at radius 2 is 2.05 bits per heavy atom. The smallest absolute Gasteiger partial charge is 0.0382 e. The van der Waals surface area contributed by atoms with E-state index in [4.69, 9.17) is 0 Å². The van der Waals surface area contributed by atoms with Crippen LogP contribution in [0.5, 0.6) is 0 Å². The quantitative estimate of drug-likeness (QED) is 0.693. The molecule has 0 amide bonds. The van der Waals surface area contributed by atoms with Gasteiger partial charge in [-0.25, -0.2) is 0 Å². The fraction of sp³-hybridized carbons (Fsp3) is 0.444. The third kappa shape index (κ3) is 2.05. The second kappa shape index (κ2) is 5.07. The summed E-state index contributed by atoms with van der Waals surface area (Å²) >= 11 is 3.62. The first-order chi connectivity index (χ1) is 9.83. The zero-order valence-corrected chi connectivity index (χ0v) is 13.1. The summed E-state index contributed by atoms with van der Waals surface area (Å²) in [4.78, 5) is 0. The first-order valence-electron chi connectivity index (χ1n) is 7.70. The van der Waals surface area contributed by atoms with Crippen LogP contribution in [0.3, 0.4) is 0 Å². The number of fused-ring (bicyclic) bond motifs is 3. The monoisotopic (exact) mass is 329 g/mol. The largest absolute Gasteiger partial charge is 0.381 e. The number of benzene rings is 1. The molecule has 4 rings (SSSR count). The number of anilines is 1. The van der Waals surface area contributed by atoms with Crippen LogP contribution in [0.4, 0.5) is 5.69 Å². The third-order valence-corrected chi connectivity index (χ3v) is 5.68. The molecule has 1 N–H and O–H groups in total. The number of rotatable bonds is 1. The second-order valence-electron chi connectivity index (χ2n) is 6.30. The van der Waals surface area contributed by atoms with Gasteiger partial charge in [-0.05, 0) is 61.3 Å². The van der Waals surface area contributed by atoms with Crippen molar-refractivity contribution in [2.24, 2.45) is 11.8 Å². The minimum atomic E-state index is 0.611. The second-order valence-corrected chi connectivity index (χ2v) is 7.22. The highest BCUT2D eigenvalue weighted by molar-refractivity contribution is 9.10. The van der Waals surface area contributed by atoms with Gasteiger partial charge in [-0.3, -0.25) is 0 Å². The molecule has 2 heteroatoms. The van der Waals surface area contributed by atoms with Crippen molar-refractivity contribution in [1.29, 1.82) is 0 Å². The van der Waals surface area contributed by atoms with Crippen molar-refractivity contribution >= 4 is 21.6 Å². The first-order valence-corrected chi connectivity index (χ1v) is 8.50. The topological polar surface area (TPSA) is 12.0 Å². The molecule has 0 bridgehead atoms. The number of hydrogen-bond donors (Lipinski definition) is 1. The number of allylic oxidation sites excluding steroid dienone is 4. The molecule has 2 aliphatic carbocycles. The van der Waals surface area contributed by atoms with Crippen LogP contribution in [-0.4, -0.2) is 6.04 Å². The SMILES string of the molecule is Brc1ccc2c(c1)[C@H]1C=CC[C@@H]1[C@H]([C@H]1CC=CCC1)N2. The molecule has 0 aromatic heterocycles. The van der Waals surface area contributed by atoms with Crippen LogP contribution in [-0.2, 0) is 0 Å². The highest BCUT2D eigenvalue weighted by atomic mass is 79.9. The van der Waals surface area contributed by atoms with Gasteiger partial charge >= 0.3 is 0 Å². The highest BCUT2D eigenvalue weighted by Gasteiger charge is 2.40. The van der Waals surface area contributed by atoms with Gasteiger partial charge in [0, 0.05) is 22.1 Å². The van der Waals surface area contributed by atoms with Crippen molar-refractivity contribution in [3.8, 4) is 0 Å². The van der Waals surface area contributed by atoms with E-state index >= 15 is 0 Å². The molecular formula is C18H20BrN. The predicted molar refractivity (Wildman–Crippen MR) is 88.0 cm³/mol. The fourth-order valence-corrected chi connectivity index (χ4v) is 4.59. The first kappa shape index (κ1) is 12.7. The van der Waals surface area contributed by atoms with E-state index in [2.05, 4.69) is 63.7 Å². The molecule has 1 aromatic carbocycles. The molecule has 0 unspecified atom stereocenters. The zero-order chi connectivity index (χ0) is 13.5. The van der Waals surface area contributed by atoms with Crippen LogP contribution in [0.15, 0.2) is 47.0 Å². The maximum atomic E-state index is 3.87. The zero-order valence-electron chi connectivity index (χ0n) is 11.6. The number of hydrogen-bond acceptors (Lipinski definition) is 1. The molecule has 0 radical (unpaired) electrons. The Labute approximate surface area is 129 Å². The average molecular weight is 330 g/mol. The van der Waals surface area contributed by atoms with Gasteiger partial charge in [0.2, 0.25) is 0 Å². The minimum Gasteiger partial charge on any atom is -0.381 e. The van der Waals surface area contributed by atoms with E-state index in [0.29, 0.717) is 12.0 Å². The lowest BCUT2D eigenvalue weighted by atomic mass is 9.72. The van der Waals surface area contributed by atoms with Crippen LogP contribution < -0.4 is 5.32 Å². The summed E-state index contributed by atoms with van der Waals surface area (Å²) < 4.78 is 1.19. The minimum absolute atomic E-state index is 0.611. The summed E-state index contributed by atoms with van der Waals surface area (Å²) in [6.07, 6.45) is 14.6. The molecule has 1 nitrogen and oxygen atoms in total. The van der Waals surface area contributed by atoms with Crippen LogP contribution >= 0.6 is 15.9 Å². The van der Waals surface area contributed by atoms with Crippen LogP contribution in [0.25, 0.3) is 0 Å². The summed E-state index contributed by atoms with van der Waals surface area (Å²) in [6.45, 7) is 0. The Kier molecular flexibility index (Phi) is 3.22. The Balaban J connectivity index is 1.70. The molecule has 20 heavy (non-hydrogen) atoms. The summed E-state index contributed by atoms with van der Waals surface area (Å²) in [5.74, 6) is 2.15. The van der Waals surface area contributed by atoms with Crippen molar-refractivity contribution in [2.45, 2.75) is 37.6 Å². The molecule has 1 heterocycles. The van der Waals surface area contributed by atoms with Crippen molar-refractivity contribution in [2.75, 3.05) is 5.32 Å². The van der Waals surface area contributed by atoms with E-state index in [-0.39, 0.29) is 0 Å². The average Bonchev–Trinajstić information content (AvgIpc) is 2.97. The molecule has 104 valence electrons. The van der Waals surface area contributed by atoms with Crippen LogP contribution in [0.1, 0.15) is 37.2 Å². The van der Waals surface area contributed by atoms with Gasteiger partial charge < -0.3 is 5.32 Å². The molecule has 3 aliphatic rings. The lowest BCUT2D eigenvalue weighted by molar-refractivity contribution is 0.294. The summed E-state index contributed by atoms with van der Waals surface area (Å²) in [6, 6.07) is 7.33. The number of halogens is 1. The van der Waals surface area contributed by atoms with E-state index in [1.165, 1.54) is 41.4 Å². The Hall–Kier alpha value is -1.02. The lowest BCUT2D eigenvalue weighted by Gasteiger charge is -2.42. The molecular weight excluding hydrogens is 310 g/mol. The predicted octanol–water partition coefficient (Wildman–Crippen LogP) is 5.26. The molecule has 0 spiro atoms.